The molecule has 2 fully saturated rings. The third-order valence-corrected chi connectivity index (χ3v) is 11.4. The summed E-state index contributed by atoms with van der Waals surface area (Å²) in [6.45, 7) is 14.3. The fraction of sp³-hybridized carbons (Fsp3) is 0.600. The molecule has 1 N–H and O–H groups in total. The van der Waals surface area contributed by atoms with Crippen LogP contribution < -0.4 is 0 Å². The highest BCUT2D eigenvalue weighted by Crippen LogP contribution is 2.62. The standard InChI is InChI=1S/C40H54F3N3O4/c1-27(12-8-13-28(2)15-10-19-34-38(6)22-21-35(47)37(4,5)33(38)20-23-39(34,7)49)14-9-16-29(3)36(48)50-26-31-25-46(45-44-31)32-18-11-17-30(24-32)40(41,42)43/h11-12,15-18,24-25,33-34,49H,8-10,13-14,19-23,26H2,1-7H3/b27-12+,28-15+,29-16+/t33-,34-,38+,39-/m1/s1. The molecule has 7 nitrogen and oxygen atoms in total. The van der Waals surface area contributed by atoms with Crippen molar-refractivity contribution in [3.63, 3.8) is 0 Å². The zero-order valence-electron chi connectivity index (χ0n) is 30.7. The molecular formula is C40H54F3N3O4. The summed E-state index contributed by atoms with van der Waals surface area (Å²) in [5.74, 6) is 0.350. The van der Waals surface area contributed by atoms with Gasteiger partial charge in [0.15, 0.2) is 0 Å². The van der Waals surface area contributed by atoms with E-state index in [0.717, 1.165) is 63.5 Å². The number of alkyl halides is 3. The van der Waals surface area contributed by atoms with Crippen molar-refractivity contribution in [2.45, 2.75) is 131 Å². The Morgan fingerprint density at radius 3 is 2.36 bits per heavy atom. The quantitative estimate of drug-likeness (QED) is 0.127. The number of Topliss-reactive ketones (excluding diaryl/α,β-unsaturated/α-hetero) is 1. The Bertz CT molecular complexity index is 1620. The Hall–Kier alpha value is -3.53. The minimum atomic E-state index is -4.47. The van der Waals surface area contributed by atoms with E-state index in [1.165, 1.54) is 34.2 Å². The topological polar surface area (TPSA) is 94.3 Å². The Morgan fingerprint density at radius 2 is 1.68 bits per heavy atom. The van der Waals surface area contributed by atoms with E-state index in [-0.39, 0.29) is 29.0 Å². The zero-order chi connectivity index (χ0) is 36.9. The summed E-state index contributed by atoms with van der Waals surface area (Å²) in [4.78, 5) is 25.3. The molecular weight excluding hydrogens is 643 g/mol. The number of hydrogen-bond acceptors (Lipinski definition) is 6. The number of hydrogen-bond donors (Lipinski definition) is 1. The molecule has 0 unspecified atom stereocenters. The third-order valence-electron chi connectivity index (χ3n) is 11.4. The molecule has 2 aliphatic carbocycles. The average molecular weight is 698 g/mol. The Labute approximate surface area is 295 Å². The molecule has 4 rings (SSSR count). The summed E-state index contributed by atoms with van der Waals surface area (Å²) in [6.07, 6.45) is 11.7. The number of carbonyl (C=O) groups excluding carboxylic acids is 2. The molecule has 0 radical (unpaired) electrons. The minimum absolute atomic E-state index is 0.0374. The molecule has 0 bridgehead atoms. The van der Waals surface area contributed by atoms with Crippen LogP contribution in [0.4, 0.5) is 13.2 Å². The first-order chi connectivity index (χ1) is 23.3. The molecule has 2 aromatic rings. The van der Waals surface area contributed by atoms with Crippen LogP contribution in [0.1, 0.15) is 124 Å². The van der Waals surface area contributed by atoms with Crippen LogP contribution in [-0.4, -0.2) is 37.5 Å². The summed E-state index contributed by atoms with van der Waals surface area (Å²) in [6, 6.07) is 4.75. The monoisotopic (exact) mass is 697 g/mol. The Balaban J connectivity index is 1.19. The lowest BCUT2D eigenvalue weighted by Gasteiger charge is -2.60. The first-order valence-corrected chi connectivity index (χ1v) is 17.8. The van der Waals surface area contributed by atoms with Crippen LogP contribution in [0.2, 0.25) is 0 Å². The van der Waals surface area contributed by atoms with E-state index in [1.807, 2.05) is 13.0 Å². The average Bonchev–Trinajstić information content (AvgIpc) is 3.52. The van der Waals surface area contributed by atoms with Crippen molar-refractivity contribution < 1.29 is 32.6 Å². The van der Waals surface area contributed by atoms with Crippen LogP contribution in [-0.2, 0) is 27.1 Å². The Morgan fingerprint density at radius 1 is 1.02 bits per heavy atom. The highest BCUT2D eigenvalue weighted by atomic mass is 19.4. The van der Waals surface area contributed by atoms with Gasteiger partial charge in [0.1, 0.15) is 18.1 Å². The molecule has 4 atom stereocenters. The number of nitrogens with zero attached hydrogens (tertiary/aromatic N) is 3. The van der Waals surface area contributed by atoms with Crippen LogP contribution in [0.25, 0.3) is 5.69 Å². The predicted octanol–water partition coefficient (Wildman–Crippen LogP) is 9.68. The van der Waals surface area contributed by atoms with Crippen LogP contribution in [0.3, 0.4) is 0 Å². The fourth-order valence-electron chi connectivity index (χ4n) is 8.38. The van der Waals surface area contributed by atoms with Crippen LogP contribution in [0.15, 0.2) is 65.4 Å². The van der Waals surface area contributed by atoms with Gasteiger partial charge in [-0.25, -0.2) is 9.48 Å². The van der Waals surface area contributed by atoms with E-state index >= 15 is 0 Å². The molecule has 1 aromatic heterocycles. The van der Waals surface area contributed by atoms with Gasteiger partial charge in [0.25, 0.3) is 0 Å². The van der Waals surface area contributed by atoms with Gasteiger partial charge in [-0.2, -0.15) is 13.2 Å². The molecule has 50 heavy (non-hydrogen) atoms. The summed E-state index contributed by atoms with van der Waals surface area (Å²) in [7, 11) is 0. The largest absolute Gasteiger partial charge is 0.456 e. The predicted molar refractivity (Wildman–Crippen MR) is 188 cm³/mol. The maximum atomic E-state index is 13.0. The second-order valence-electron chi connectivity index (χ2n) is 15.6. The normalized spacial score (nSPS) is 26.1. The Kier molecular flexibility index (Phi) is 12.4. The maximum absolute atomic E-state index is 13.0. The first-order valence-electron chi connectivity index (χ1n) is 17.8. The fourth-order valence-corrected chi connectivity index (χ4v) is 8.38. The lowest BCUT2D eigenvalue weighted by Crippen LogP contribution is -2.59. The van der Waals surface area contributed by atoms with Gasteiger partial charge < -0.3 is 9.84 Å². The molecule has 0 amide bonds. The van der Waals surface area contributed by atoms with Crippen LogP contribution in [0, 0.1) is 22.7 Å². The number of fused-ring (bicyclic) bond motifs is 1. The number of benzene rings is 1. The maximum Gasteiger partial charge on any atom is 0.416 e. The van der Waals surface area contributed by atoms with Gasteiger partial charge in [0.2, 0.25) is 0 Å². The number of rotatable bonds is 13. The van der Waals surface area contributed by atoms with Crippen molar-refractivity contribution >= 4 is 11.8 Å². The molecule has 0 spiro atoms. The summed E-state index contributed by atoms with van der Waals surface area (Å²) < 4.78 is 45.7. The number of aromatic nitrogens is 3. The van der Waals surface area contributed by atoms with E-state index in [1.54, 1.807) is 6.92 Å². The van der Waals surface area contributed by atoms with Crippen molar-refractivity contribution in [1.82, 2.24) is 15.0 Å². The molecule has 2 aliphatic rings. The molecule has 10 heteroatoms. The first kappa shape index (κ1) is 39.3. The van der Waals surface area contributed by atoms with Crippen LogP contribution in [0.5, 0.6) is 0 Å². The second kappa shape index (κ2) is 15.8. The number of halogens is 3. The lowest BCUT2D eigenvalue weighted by atomic mass is 9.45. The van der Waals surface area contributed by atoms with Crippen molar-refractivity contribution in [3.05, 3.63) is 76.7 Å². The number of esters is 1. The van der Waals surface area contributed by atoms with E-state index < -0.39 is 23.3 Å². The molecule has 0 saturated heterocycles. The van der Waals surface area contributed by atoms with Gasteiger partial charge in [-0.1, -0.05) is 61.4 Å². The second-order valence-corrected chi connectivity index (χ2v) is 15.6. The van der Waals surface area contributed by atoms with Gasteiger partial charge in [0, 0.05) is 17.4 Å². The lowest BCUT2D eigenvalue weighted by molar-refractivity contribution is -0.177. The highest BCUT2D eigenvalue weighted by Gasteiger charge is 2.59. The van der Waals surface area contributed by atoms with Crippen molar-refractivity contribution in [2.24, 2.45) is 22.7 Å². The van der Waals surface area contributed by atoms with E-state index in [0.29, 0.717) is 35.8 Å². The van der Waals surface area contributed by atoms with Gasteiger partial charge >= 0.3 is 12.1 Å². The van der Waals surface area contributed by atoms with Crippen LogP contribution >= 0.6 is 0 Å². The van der Waals surface area contributed by atoms with Gasteiger partial charge in [-0.05, 0) is 121 Å². The summed E-state index contributed by atoms with van der Waals surface area (Å²) in [5, 5.41) is 19.2. The molecule has 2 saturated carbocycles. The number of ether oxygens (including phenoxy) is 1. The molecule has 0 aliphatic heterocycles. The van der Waals surface area contributed by atoms with Gasteiger partial charge in [-0.15, -0.1) is 5.10 Å². The van der Waals surface area contributed by atoms with Gasteiger partial charge in [0.05, 0.1) is 23.0 Å². The van der Waals surface area contributed by atoms with E-state index in [2.05, 4.69) is 57.1 Å². The molecule has 1 aromatic carbocycles. The van der Waals surface area contributed by atoms with Crippen molar-refractivity contribution in [1.29, 1.82) is 0 Å². The zero-order valence-corrected chi connectivity index (χ0v) is 30.7. The minimum Gasteiger partial charge on any atom is -0.456 e. The number of ketones is 1. The number of aliphatic hydroxyl groups is 1. The van der Waals surface area contributed by atoms with E-state index in [9.17, 15) is 27.9 Å². The molecule has 274 valence electrons. The number of allylic oxidation sites excluding steroid dienone is 5. The molecule has 1 heterocycles. The van der Waals surface area contributed by atoms with Gasteiger partial charge in [-0.3, -0.25) is 4.79 Å². The number of carbonyl (C=O) groups is 2. The third kappa shape index (κ3) is 9.42. The summed E-state index contributed by atoms with van der Waals surface area (Å²) in [5.41, 5.74) is 1.71. The van der Waals surface area contributed by atoms with Crippen molar-refractivity contribution in [3.8, 4) is 5.69 Å². The smallest absolute Gasteiger partial charge is 0.416 e. The highest BCUT2D eigenvalue weighted by molar-refractivity contribution is 5.87. The SMILES string of the molecule is C/C(=C\CC/C(C)=C/CC[C@@H]1[C@@]2(C)CCC(=O)C(C)(C)[C@H]2CC[C@@]1(C)O)CC/C=C(\C)C(=O)OCc1cn(-c2cccc(C(F)(F)F)c2)nn1. The van der Waals surface area contributed by atoms with Crippen molar-refractivity contribution in [2.75, 3.05) is 0 Å². The van der Waals surface area contributed by atoms with E-state index in [4.69, 9.17) is 4.74 Å². The summed E-state index contributed by atoms with van der Waals surface area (Å²) >= 11 is 0.